The fourth-order valence-electron chi connectivity index (χ4n) is 5.33. The molecule has 2 aromatic heterocycles. The van der Waals surface area contributed by atoms with Crippen LogP contribution in [0.5, 0.6) is 11.5 Å². The van der Waals surface area contributed by atoms with E-state index in [1.807, 2.05) is 36.4 Å². The Hall–Kier alpha value is -4.31. The summed E-state index contributed by atoms with van der Waals surface area (Å²) < 4.78 is 39.3. The molecule has 5 aromatic rings. The van der Waals surface area contributed by atoms with Crippen molar-refractivity contribution in [3.8, 4) is 34.1 Å². The number of hydrogen-bond acceptors (Lipinski definition) is 6. The lowest BCUT2D eigenvalue weighted by Crippen LogP contribution is -2.34. The van der Waals surface area contributed by atoms with E-state index in [4.69, 9.17) is 14.5 Å². The van der Waals surface area contributed by atoms with Gasteiger partial charge in [-0.15, -0.1) is 0 Å². The van der Waals surface area contributed by atoms with Crippen molar-refractivity contribution in [2.75, 3.05) is 19.9 Å². The monoisotopic (exact) mass is 514 g/mol. The number of hydrogen-bond donors (Lipinski definition) is 2. The van der Waals surface area contributed by atoms with Gasteiger partial charge in [-0.05, 0) is 67.9 Å². The summed E-state index contributed by atoms with van der Waals surface area (Å²) in [4.78, 5) is 6.89. The highest BCUT2D eigenvalue weighted by Crippen LogP contribution is 2.38. The zero-order valence-electron chi connectivity index (χ0n) is 20.4. The fraction of sp³-hybridized carbons (Fsp3) is 0.250. The lowest BCUT2D eigenvalue weighted by Gasteiger charge is -2.31. The van der Waals surface area contributed by atoms with Crippen molar-refractivity contribution in [2.24, 2.45) is 0 Å². The van der Waals surface area contributed by atoms with E-state index >= 15 is 0 Å². The number of aromatic amines is 2. The third-order valence-corrected chi connectivity index (χ3v) is 7.31. The average molecular weight is 515 g/mol. The summed E-state index contributed by atoms with van der Waals surface area (Å²) in [6.07, 6.45) is 1.84. The highest BCUT2D eigenvalue weighted by atomic mass is 19.1. The van der Waals surface area contributed by atoms with Crippen LogP contribution in [0.2, 0.25) is 0 Å². The molecule has 2 aliphatic heterocycles. The summed E-state index contributed by atoms with van der Waals surface area (Å²) in [7, 11) is 0. The summed E-state index contributed by atoms with van der Waals surface area (Å²) in [5.74, 6) is 1.88. The number of halogens is 2. The summed E-state index contributed by atoms with van der Waals surface area (Å²) in [5, 5.41) is 16.2. The smallest absolute Gasteiger partial charge is 0.231 e. The number of fused-ring (bicyclic) bond motifs is 2. The van der Waals surface area contributed by atoms with Crippen LogP contribution in [0.3, 0.4) is 0 Å². The van der Waals surface area contributed by atoms with Crippen molar-refractivity contribution in [3.63, 3.8) is 0 Å². The van der Waals surface area contributed by atoms with Crippen LogP contribution in [-0.2, 0) is 6.54 Å². The van der Waals surface area contributed by atoms with E-state index in [0.29, 0.717) is 18.1 Å². The molecule has 8 nitrogen and oxygen atoms in total. The highest BCUT2D eigenvalue weighted by molar-refractivity contribution is 5.95. The summed E-state index contributed by atoms with van der Waals surface area (Å²) in [6, 6.07) is 15.7. The molecule has 2 aliphatic rings. The molecule has 1 saturated heterocycles. The van der Waals surface area contributed by atoms with Gasteiger partial charge in [0.15, 0.2) is 17.3 Å². The lowest BCUT2D eigenvalue weighted by atomic mass is 9.97. The van der Waals surface area contributed by atoms with Crippen LogP contribution in [0.15, 0.2) is 54.6 Å². The molecule has 0 saturated carbocycles. The average Bonchev–Trinajstić information content (AvgIpc) is 3.70. The molecule has 38 heavy (non-hydrogen) atoms. The maximum Gasteiger partial charge on any atom is 0.231 e. The number of ether oxygens (including phenoxy) is 2. The number of aromatic nitrogens is 5. The van der Waals surface area contributed by atoms with E-state index < -0.39 is 11.6 Å². The van der Waals surface area contributed by atoms with Crippen LogP contribution in [0.25, 0.3) is 33.5 Å². The van der Waals surface area contributed by atoms with Gasteiger partial charge in [0, 0.05) is 41.1 Å². The molecule has 4 heterocycles. The van der Waals surface area contributed by atoms with Gasteiger partial charge in [0.25, 0.3) is 0 Å². The Bertz CT molecular complexity index is 1630. The first kappa shape index (κ1) is 22.9. The normalized spacial score (nSPS) is 17.4. The van der Waals surface area contributed by atoms with Gasteiger partial charge in [-0.1, -0.05) is 6.07 Å². The number of rotatable bonds is 5. The van der Waals surface area contributed by atoms with Gasteiger partial charge in [0.2, 0.25) is 6.79 Å². The third kappa shape index (κ3) is 4.06. The predicted molar refractivity (Wildman–Crippen MR) is 137 cm³/mol. The predicted octanol–water partition coefficient (Wildman–Crippen LogP) is 5.40. The quantitative estimate of drug-likeness (QED) is 0.326. The van der Waals surface area contributed by atoms with Gasteiger partial charge in [0.1, 0.15) is 23.2 Å². The Labute approximate surface area is 216 Å². The maximum atomic E-state index is 14.2. The van der Waals surface area contributed by atoms with E-state index in [1.165, 1.54) is 18.2 Å². The van der Waals surface area contributed by atoms with Gasteiger partial charge < -0.3 is 9.47 Å². The molecule has 3 aromatic carbocycles. The van der Waals surface area contributed by atoms with Gasteiger partial charge in [-0.25, -0.2) is 13.8 Å². The fourth-order valence-corrected chi connectivity index (χ4v) is 5.33. The van der Waals surface area contributed by atoms with Crippen LogP contribution in [0, 0.1) is 11.6 Å². The second kappa shape index (κ2) is 9.21. The summed E-state index contributed by atoms with van der Waals surface area (Å²) in [6.45, 7) is 1.88. The Morgan fingerprint density at radius 3 is 2.66 bits per heavy atom. The van der Waals surface area contributed by atoms with Gasteiger partial charge >= 0.3 is 0 Å². The molecular formula is C28H24F2N6O2. The lowest BCUT2D eigenvalue weighted by molar-refractivity contribution is 0.174. The minimum atomic E-state index is -0.510. The summed E-state index contributed by atoms with van der Waals surface area (Å²) >= 11 is 0. The van der Waals surface area contributed by atoms with Crippen molar-refractivity contribution < 1.29 is 18.3 Å². The Balaban J connectivity index is 1.13. The van der Waals surface area contributed by atoms with E-state index in [2.05, 4.69) is 25.3 Å². The van der Waals surface area contributed by atoms with Crippen LogP contribution in [-0.4, -0.2) is 50.2 Å². The number of nitrogens with one attached hydrogen (secondary N) is 2. The molecule has 1 atom stereocenters. The van der Waals surface area contributed by atoms with Crippen LogP contribution in [0.4, 0.5) is 8.78 Å². The molecule has 0 unspecified atom stereocenters. The zero-order valence-corrected chi connectivity index (χ0v) is 20.4. The maximum absolute atomic E-state index is 14.2. The number of nitrogens with zero attached hydrogens (tertiary/aromatic N) is 4. The molecular weight excluding hydrogens is 490 g/mol. The summed E-state index contributed by atoms with van der Waals surface area (Å²) in [5.41, 5.74) is 3.60. The number of likely N-dealkylation sites (tertiary alicyclic amines) is 1. The second-order valence-electron chi connectivity index (χ2n) is 9.72. The van der Waals surface area contributed by atoms with E-state index in [1.54, 1.807) is 0 Å². The standard InChI is InChI=1S/C28H24F2N6O2/c29-21-4-1-5-22(30)20(21)14-36-10-2-3-18(13-36)28-31-27(34-35-28)17-6-8-23-19(11-17)26(33-32-23)16-7-9-24-25(12-16)38-15-37-24/h1,4-9,11-12,18H,2-3,10,13-15H2,(H,32,33)(H,31,34,35)/t18-/m1/s1. The first-order chi connectivity index (χ1) is 18.6. The number of H-pyrrole nitrogens is 2. The third-order valence-electron chi connectivity index (χ3n) is 7.31. The van der Waals surface area contributed by atoms with Gasteiger partial charge in [0.05, 0.1) is 5.52 Å². The van der Waals surface area contributed by atoms with Crippen LogP contribution >= 0.6 is 0 Å². The molecule has 7 rings (SSSR count). The van der Waals surface area contributed by atoms with Gasteiger partial charge in [-0.2, -0.15) is 10.2 Å². The van der Waals surface area contributed by atoms with Crippen LogP contribution < -0.4 is 9.47 Å². The molecule has 0 bridgehead atoms. The molecule has 0 amide bonds. The molecule has 0 aliphatic carbocycles. The largest absolute Gasteiger partial charge is 0.454 e. The van der Waals surface area contributed by atoms with Crippen molar-refractivity contribution in [1.82, 2.24) is 30.3 Å². The minimum Gasteiger partial charge on any atom is -0.454 e. The number of benzene rings is 3. The molecule has 0 spiro atoms. The van der Waals surface area contributed by atoms with Crippen LogP contribution in [0.1, 0.15) is 30.1 Å². The Kier molecular flexibility index (Phi) is 5.54. The zero-order chi connectivity index (χ0) is 25.6. The van der Waals surface area contributed by atoms with E-state index in [9.17, 15) is 8.78 Å². The Morgan fingerprint density at radius 2 is 1.76 bits per heavy atom. The topological polar surface area (TPSA) is 92.0 Å². The minimum absolute atomic E-state index is 0.0988. The molecule has 192 valence electrons. The van der Waals surface area contributed by atoms with Crippen molar-refractivity contribution in [2.45, 2.75) is 25.3 Å². The number of piperidine rings is 1. The molecule has 1 fully saturated rings. The Morgan fingerprint density at radius 1 is 0.921 bits per heavy atom. The second-order valence-corrected chi connectivity index (χ2v) is 9.72. The van der Waals surface area contributed by atoms with E-state index in [-0.39, 0.29) is 24.8 Å². The SMILES string of the molecule is Fc1cccc(F)c1CN1CCC[C@@H](c2nc(-c3ccc4[nH]nc(-c5ccc6c(c5)OCO6)c4c3)n[nH]2)C1. The molecule has 0 radical (unpaired) electrons. The first-order valence-electron chi connectivity index (χ1n) is 12.6. The van der Waals surface area contributed by atoms with Gasteiger partial charge in [-0.3, -0.25) is 15.1 Å². The highest BCUT2D eigenvalue weighted by Gasteiger charge is 2.26. The van der Waals surface area contributed by atoms with Crippen molar-refractivity contribution in [1.29, 1.82) is 0 Å². The molecule has 10 heteroatoms. The van der Waals surface area contributed by atoms with E-state index in [0.717, 1.165) is 58.7 Å². The van der Waals surface area contributed by atoms with Crippen molar-refractivity contribution in [3.05, 3.63) is 77.6 Å². The molecule has 2 N–H and O–H groups in total. The first-order valence-corrected chi connectivity index (χ1v) is 12.6. The van der Waals surface area contributed by atoms with Crippen molar-refractivity contribution >= 4 is 10.9 Å².